The first kappa shape index (κ1) is 32.1. The van der Waals surface area contributed by atoms with Crippen molar-refractivity contribution in [3.05, 3.63) is 44.5 Å². The van der Waals surface area contributed by atoms with Gasteiger partial charge < -0.3 is 24.0 Å². The van der Waals surface area contributed by atoms with E-state index in [1.54, 1.807) is 13.8 Å². The molecule has 1 aromatic rings. The smallest absolute Gasteiger partial charge is 0.306 e. The van der Waals surface area contributed by atoms with Crippen molar-refractivity contribution in [2.45, 2.75) is 51.7 Å². The van der Waals surface area contributed by atoms with Gasteiger partial charge >= 0.3 is 5.97 Å². The zero-order valence-corrected chi connectivity index (χ0v) is 22.1. The van der Waals surface area contributed by atoms with E-state index in [0.29, 0.717) is 11.4 Å². The molecule has 0 saturated heterocycles. The summed E-state index contributed by atoms with van der Waals surface area (Å²) in [7, 11) is -3.46. The molecular weight excluding hydrogens is 532 g/mol. The van der Waals surface area contributed by atoms with Crippen LogP contribution in [0.4, 0.5) is 5.69 Å². The van der Waals surface area contributed by atoms with Gasteiger partial charge in [0.25, 0.3) is 10.2 Å². The van der Waals surface area contributed by atoms with Gasteiger partial charge in [-0.15, -0.1) is 20.2 Å². The van der Waals surface area contributed by atoms with E-state index in [2.05, 4.69) is 14.4 Å². The molecule has 214 valence electrons. The van der Waals surface area contributed by atoms with Crippen LogP contribution in [0.1, 0.15) is 39.5 Å². The van der Waals surface area contributed by atoms with Crippen LogP contribution in [0, 0.1) is 20.2 Å². The first-order valence-electron chi connectivity index (χ1n) is 11.5. The van der Waals surface area contributed by atoms with E-state index in [-0.39, 0.29) is 64.0 Å². The summed E-state index contributed by atoms with van der Waals surface area (Å²) in [6, 6.07) is 5.65. The molecule has 0 bridgehead atoms. The summed E-state index contributed by atoms with van der Waals surface area (Å²) in [6.07, 6.45) is -0.00406. The van der Waals surface area contributed by atoms with Crippen molar-refractivity contribution in [1.82, 2.24) is 4.90 Å². The SMILES string of the molecule is CC(C)N(CC(COc1ccc(NS(C)(=O)=O)cc1)OC(=O)CCCO[N+](=O)[O-])C(=O)CCCO[N+](=O)[O-]. The maximum absolute atomic E-state index is 12.7. The third-order valence-corrected chi connectivity index (χ3v) is 5.30. The maximum atomic E-state index is 12.7. The van der Waals surface area contributed by atoms with Crippen LogP contribution in [0.2, 0.25) is 0 Å². The Labute approximate surface area is 219 Å². The third-order valence-electron chi connectivity index (χ3n) is 4.69. The Hall–Kier alpha value is -3.89. The molecular formula is C21H32N4O12S. The number of sulfonamides is 1. The summed E-state index contributed by atoms with van der Waals surface area (Å²) in [5, 5.41) is 18.6. The summed E-state index contributed by atoms with van der Waals surface area (Å²) in [5.41, 5.74) is 0.317. The molecule has 0 aliphatic heterocycles. The minimum absolute atomic E-state index is 0.0332. The summed E-state index contributed by atoms with van der Waals surface area (Å²) in [5.74, 6) is -0.693. The second-order valence-electron chi connectivity index (χ2n) is 8.28. The average Bonchev–Trinajstić information content (AvgIpc) is 2.80. The molecule has 0 aromatic heterocycles. The molecule has 0 aliphatic rings. The lowest BCUT2D eigenvalue weighted by molar-refractivity contribution is -0.757. The van der Waals surface area contributed by atoms with Gasteiger partial charge in [0.05, 0.1) is 26.0 Å². The highest BCUT2D eigenvalue weighted by Crippen LogP contribution is 2.18. The summed E-state index contributed by atoms with van der Waals surface area (Å²) < 4.78 is 36.2. The highest BCUT2D eigenvalue weighted by Gasteiger charge is 2.25. The highest BCUT2D eigenvalue weighted by atomic mass is 32.2. The van der Waals surface area contributed by atoms with Gasteiger partial charge in [-0.3, -0.25) is 14.3 Å². The van der Waals surface area contributed by atoms with Crippen molar-refractivity contribution in [3.8, 4) is 5.75 Å². The van der Waals surface area contributed by atoms with Crippen molar-refractivity contribution < 1.29 is 47.3 Å². The molecule has 1 amide bonds. The standard InChI is InChI=1S/C21H32N4O12S/c1-16(2)23(20(26)6-4-12-35-24(28)29)14-19(37-21(27)7-5-13-36-25(30)31)15-34-18-10-8-17(9-11-18)22-38(3,32)33/h8-11,16,19,22H,4-7,12-15H2,1-3H3. The Balaban J connectivity index is 2.86. The average molecular weight is 565 g/mol. The Morgan fingerprint density at radius 3 is 2.05 bits per heavy atom. The molecule has 0 aliphatic carbocycles. The molecule has 1 atom stereocenters. The zero-order chi connectivity index (χ0) is 28.7. The molecule has 1 unspecified atom stereocenters. The highest BCUT2D eigenvalue weighted by molar-refractivity contribution is 7.92. The Kier molecular flexibility index (Phi) is 13.6. The van der Waals surface area contributed by atoms with Gasteiger partial charge in [-0.1, -0.05) is 0 Å². The zero-order valence-electron chi connectivity index (χ0n) is 21.3. The maximum Gasteiger partial charge on any atom is 0.306 e. The molecule has 1 N–H and O–H groups in total. The fourth-order valence-corrected chi connectivity index (χ4v) is 3.64. The van der Waals surface area contributed by atoms with Crippen LogP contribution in [0.5, 0.6) is 5.75 Å². The van der Waals surface area contributed by atoms with Crippen LogP contribution in [-0.2, 0) is 34.0 Å². The molecule has 1 rings (SSSR count). The summed E-state index contributed by atoms with van der Waals surface area (Å²) >= 11 is 0. The van der Waals surface area contributed by atoms with Crippen LogP contribution in [0.25, 0.3) is 0 Å². The quantitative estimate of drug-likeness (QED) is 0.110. The number of nitrogens with zero attached hydrogens (tertiary/aromatic N) is 3. The van der Waals surface area contributed by atoms with Crippen molar-refractivity contribution in [2.75, 3.05) is 37.3 Å². The number of hydrogen-bond acceptors (Lipinski definition) is 12. The number of esters is 1. The van der Waals surface area contributed by atoms with E-state index < -0.39 is 32.3 Å². The van der Waals surface area contributed by atoms with Gasteiger partial charge in [0.1, 0.15) is 12.4 Å². The second-order valence-corrected chi connectivity index (χ2v) is 10.0. The lowest BCUT2D eigenvalue weighted by Crippen LogP contribution is -2.45. The molecule has 16 nitrogen and oxygen atoms in total. The number of anilines is 1. The monoisotopic (exact) mass is 564 g/mol. The van der Waals surface area contributed by atoms with Gasteiger partial charge in [-0.25, -0.2) is 8.42 Å². The van der Waals surface area contributed by atoms with E-state index in [0.717, 1.165) is 6.26 Å². The second kappa shape index (κ2) is 16.1. The molecule has 38 heavy (non-hydrogen) atoms. The first-order valence-corrected chi connectivity index (χ1v) is 13.4. The van der Waals surface area contributed by atoms with Crippen LogP contribution in [0.15, 0.2) is 24.3 Å². The molecule has 0 heterocycles. The van der Waals surface area contributed by atoms with Gasteiger partial charge in [0.2, 0.25) is 15.9 Å². The molecule has 0 fully saturated rings. The predicted molar refractivity (Wildman–Crippen MR) is 131 cm³/mol. The van der Waals surface area contributed by atoms with E-state index in [9.17, 15) is 38.2 Å². The Morgan fingerprint density at radius 1 is 1.00 bits per heavy atom. The van der Waals surface area contributed by atoms with Crippen LogP contribution >= 0.6 is 0 Å². The summed E-state index contributed by atoms with van der Waals surface area (Å²) in [4.78, 5) is 55.4. The first-order chi connectivity index (χ1) is 17.8. The van der Waals surface area contributed by atoms with Gasteiger partial charge in [-0.05, 0) is 51.0 Å². The normalized spacial score (nSPS) is 11.8. The third kappa shape index (κ3) is 14.6. The number of carbonyl (C=O) groups excluding carboxylic acids is 2. The number of benzene rings is 1. The number of ether oxygens (including phenoxy) is 2. The minimum Gasteiger partial charge on any atom is -0.490 e. The Morgan fingerprint density at radius 2 is 1.55 bits per heavy atom. The number of rotatable bonds is 19. The van der Waals surface area contributed by atoms with Crippen LogP contribution in [-0.4, -0.2) is 80.1 Å². The van der Waals surface area contributed by atoms with Crippen LogP contribution in [0.3, 0.4) is 0 Å². The lowest BCUT2D eigenvalue weighted by Gasteiger charge is -2.31. The predicted octanol–water partition coefficient (Wildman–Crippen LogP) is 1.56. The van der Waals surface area contributed by atoms with Crippen molar-refractivity contribution in [3.63, 3.8) is 0 Å². The molecule has 0 spiro atoms. The number of carbonyl (C=O) groups is 2. The minimum atomic E-state index is -3.46. The lowest BCUT2D eigenvalue weighted by atomic mass is 10.2. The van der Waals surface area contributed by atoms with E-state index >= 15 is 0 Å². The largest absolute Gasteiger partial charge is 0.490 e. The van der Waals surface area contributed by atoms with E-state index in [4.69, 9.17) is 9.47 Å². The molecule has 0 radical (unpaired) electrons. The van der Waals surface area contributed by atoms with E-state index in [1.807, 2.05) is 0 Å². The Bertz CT molecular complexity index is 1030. The number of hydrogen-bond donors (Lipinski definition) is 1. The van der Waals surface area contributed by atoms with Gasteiger partial charge in [-0.2, -0.15) is 0 Å². The molecule has 17 heteroatoms. The fourth-order valence-electron chi connectivity index (χ4n) is 3.07. The number of amides is 1. The number of nitrogens with one attached hydrogen (secondary N) is 1. The summed E-state index contributed by atoms with van der Waals surface area (Å²) in [6.45, 7) is 2.72. The van der Waals surface area contributed by atoms with E-state index in [1.165, 1.54) is 29.2 Å². The van der Waals surface area contributed by atoms with Gasteiger partial charge in [0, 0.05) is 24.6 Å². The van der Waals surface area contributed by atoms with Crippen molar-refractivity contribution in [1.29, 1.82) is 0 Å². The molecule has 0 saturated carbocycles. The topological polar surface area (TPSA) is 207 Å². The fraction of sp³-hybridized carbons (Fsp3) is 0.619. The van der Waals surface area contributed by atoms with Crippen LogP contribution < -0.4 is 9.46 Å². The molecule has 1 aromatic carbocycles. The van der Waals surface area contributed by atoms with Gasteiger partial charge in [0.15, 0.2) is 6.10 Å². The van der Waals surface area contributed by atoms with Crippen molar-refractivity contribution in [2.24, 2.45) is 0 Å². The van der Waals surface area contributed by atoms with Crippen molar-refractivity contribution >= 4 is 27.6 Å².